The number of phenols is 1. The molecule has 18 heteroatoms. The third-order valence-corrected chi connectivity index (χ3v) is 16.5. The van der Waals surface area contributed by atoms with Crippen molar-refractivity contribution in [1.82, 2.24) is 45.5 Å². The number of piperidine rings is 1. The number of piperazine rings is 1. The molecule has 0 spiro atoms. The zero-order chi connectivity index (χ0) is 50.9. The number of thiazole rings is 1. The van der Waals surface area contributed by atoms with Crippen molar-refractivity contribution in [2.45, 2.75) is 103 Å². The summed E-state index contributed by atoms with van der Waals surface area (Å²) in [6, 6.07) is 19.1. The Kier molecular flexibility index (Phi) is 14.4. The Morgan fingerprint density at radius 1 is 0.973 bits per heavy atom. The van der Waals surface area contributed by atoms with Crippen molar-refractivity contribution in [2.24, 2.45) is 5.92 Å². The third kappa shape index (κ3) is 10.5. The number of halogens is 1. The van der Waals surface area contributed by atoms with E-state index in [9.17, 15) is 14.7 Å². The van der Waals surface area contributed by atoms with E-state index in [1.54, 1.807) is 40.6 Å². The predicted molar refractivity (Wildman–Crippen MR) is 282 cm³/mol. The first-order chi connectivity index (χ1) is 36.0. The van der Waals surface area contributed by atoms with Crippen LogP contribution < -0.4 is 25.0 Å². The Hall–Kier alpha value is -6.76. The summed E-state index contributed by atoms with van der Waals surface area (Å²) in [7, 11) is 0. The fourth-order valence-electron chi connectivity index (χ4n) is 11.5. The van der Waals surface area contributed by atoms with Crippen molar-refractivity contribution < 1.29 is 33.1 Å². The van der Waals surface area contributed by atoms with Gasteiger partial charge < -0.3 is 39.5 Å². The van der Waals surface area contributed by atoms with Gasteiger partial charge in [0.25, 0.3) is 5.88 Å². The van der Waals surface area contributed by atoms with E-state index >= 15 is 4.39 Å². The predicted octanol–water partition coefficient (Wildman–Crippen LogP) is 8.58. The second-order valence-electron chi connectivity index (χ2n) is 20.4. The number of aromatic nitrogens is 5. The molecule has 0 saturated carbocycles. The average molecular weight is 1020 g/mol. The van der Waals surface area contributed by atoms with Crippen molar-refractivity contribution >= 4 is 50.6 Å². The first kappa shape index (κ1) is 49.5. The number of phenolic OH excluding ortho intramolecular Hbond substituents is 1. The van der Waals surface area contributed by atoms with Gasteiger partial charge in [-0.1, -0.05) is 49.4 Å². The van der Waals surface area contributed by atoms with Crippen molar-refractivity contribution in [3.8, 4) is 39.3 Å². The van der Waals surface area contributed by atoms with Gasteiger partial charge in [0.1, 0.15) is 41.2 Å². The van der Waals surface area contributed by atoms with Crippen LogP contribution in [0, 0.1) is 18.7 Å². The molecule has 2 bridgehead atoms. The summed E-state index contributed by atoms with van der Waals surface area (Å²) in [5.74, 6) is 0.967. The number of ether oxygens (including phenoxy) is 2. The second kappa shape index (κ2) is 21.6. The maximum atomic E-state index is 17.0. The van der Waals surface area contributed by atoms with E-state index in [1.807, 2.05) is 49.7 Å². The van der Waals surface area contributed by atoms with Crippen LogP contribution in [0.15, 0.2) is 76.9 Å². The Labute approximate surface area is 433 Å². The largest absolute Gasteiger partial charge is 0.508 e. The second-order valence-corrected chi connectivity index (χ2v) is 21.2. The molecule has 4 aliphatic heterocycles. The summed E-state index contributed by atoms with van der Waals surface area (Å²) in [5.41, 5.74) is 6.76. The highest BCUT2D eigenvalue weighted by molar-refractivity contribution is 7.13. The zero-order valence-electron chi connectivity index (χ0n) is 42.2. The van der Waals surface area contributed by atoms with Crippen LogP contribution in [-0.2, 0) is 22.4 Å². The van der Waals surface area contributed by atoms with Crippen LogP contribution in [0.3, 0.4) is 0 Å². The average Bonchev–Trinajstić information content (AvgIpc) is 4.25. The lowest BCUT2D eigenvalue weighted by atomic mass is 9.94. The summed E-state index contributed by atoms with van der Waals surface area (Å²) < 4.78 is 34.8. The number of likely N-dealkylation sites (tertiary alicyclic amines) is 2. The molecule has 4 atom stereocenters. The zero-order valence-corrected chi connectivity index (χ0v) is 43.0. The molecule has 4 saturated heterocycles. The summed E-state index contributed by atoms with van der Waals surface area (Å²) in [6.07, 6.45) is 8.78. The number of anilines is 1. The van der Waals surface area contributed by atoms with Crippen LogP contribution in [0.4, 0.5) is 10.2 Å². The van der Waals surface area contributed by atoms with Crippen LogP contribution in [0.25, 0.3) is 43.4 Å². The van der Waals surface area contributed by atoms with Gasteiger partial charge in [0.05, 0.1) is 40.5 Å². The minimum absolute atomic E-state index is 0.00535. The smallest absolute Gasteiger partial charge is 0.319 e. The molecular weight excluding hydrogens is 960 g/mol. The summed E-state index contributed by atoms with van der Waals surface area (Å²) in [4.78, 5) is 53.0. The summed E-state index contributed by atoms with van der Waals surface area (Å²) in [6.45, 7) is 11.3. The van der Waals surface area contributed by atoms with Crippen LogP contribution in [-0.4, -0.2) is 122 Å². The first-order valence-corrected chi connectivity index (χ1v) is 27.1. The van der Waals surface area contributed by atoms with Gasteiger partial charge in [0.2, 0.25) is 11.8 Å². The van der Waals surface area contributed by atoms with E-state index in [0.29, 0.717) is 79.1 Å². The number of nitrogens with zero attached hydrogens (tertiary/aromatic N) is 8. The monoisotopic (exact) mass is 1020 g/mol. The Morgan fingerprint density at radius 2 is 1.78 bits per heavy atom. The van der Waals surface area contributed by atoms with E-state index in [4.69, 9.17) is 28.9 Å². The van der Waals surface area contributed by atoms with Crippen molar-refractivity contribution in [1.29, 1.82) is 0 Å². The Balaban J connectivity index is 0.657. The first-order valence-electron chi connectivity index (χ1n) is 26.2. The molecule has 4 fully saturated rings. The van der Waals surface area contributed by atoms with Crippen molar-refractivity contribution in [2.75, 3.05) is 57.4 Å². The number of aryl methyl sites for hydroxylation is 2. The van der Waals surface area contributed by atoms with Crippen molar-refractivity contribution in [3.63, 3.8) is 0 Å². The number of nitrogens with one attached hydrogen (secondary N) is 2. The van der Waals surface area contributed by atoms with Gasteiger partial charge in [-0.25, -0.2) is 9.37 Å². The van der Waals surface area contributed by atoms with Gasteiger partial charge in [0.15, 0.2) is 5.82 Å². The number of carbonyl (C=O) groups is 2. The maximum Gasteiger partial charge on any atom is 0.319 e. The highest BCUT2D eigenvalue weighted by Crippen LogP contribution is 2.39. The van der Waals surface area contributed by atoms with E-state index in [1.165, 1.54) is 0 Å². The van der Waals surface area contributed by atoms with Gasteiger partial charge in [-0.05, 0) is 129 Å². The molecule has 11 rings (SSSR count). The maximum absolute atomic E-state index is 17.0. The van der Waals surface area contributed by atoms with Gasteiger partial charge >= 0.3 is 6.01 Å². The summed E-state index contributed by atoms with van der Waals surface area (Å²) >= 11 is 1.61. The molecule has 2 amide bonds. The summed E-state index contributed by atoms with van der Waals surface area (Å²) in [5, 5.41) is 23.8. The molecule has 16 nitrogen and oxygen atoms in total. The number of amides is 2. The van der Waals surface area contributed by atoms with E-state index in [2.05, 4.69) is 49.6 Å². The lowest BCUT2D eigenvalue weighted by molar-refractivity contribution is -0.138. The van der Waals surface area contributed by atoms with E-state index < -0.39 is 11.9 Å². The topological polar surface area (TPSA) is 184 Å². The number of hydrogen-bond acceptors (Lipinski definition) is 15. The standard InChI is InChI=1S/C56H63FN10O6S/c1-4-36-7-5-8-39-25-42(68)26-44(49(36)39)51-50(57)52-45(29-58-51)54(66-30-40-14-15-41(31-66)61-40)63-56(62-52)72-24-22-65-20-16-35(17-21-65)18-23-71-47-27-43(73-64-47)28-48(69)67-19-6-9-46(67)55(70)60-33(2)37-10-12-38(13-11-37)53-34(3)59-32-74-53/h5,7-8,10-13,25-27,29,32-33,35,40-41,46,61,68H,4,6,9,14-24,28,30-31H2,1-3H3,(H,60,70). The number of carbonyl (C=O) groups excluding carboxylic acids is 2. The molecule has 7 aromatic rings. The highest BCUT2D eigenvalue weighted by atomic mass is 32.1. The molecule has 0 aliphatic carbocycles. The normalized spacial score (nSPS) is 19.6. The van der Waals surface area contributed by atoms with Gasteiger partial charge in [0, 0.05) is 56.1 Å². The SMILES string of the molecule is CCc1cccc2cc(O)cc(-c3ncc4c(N5CC6CCC(C5)N6)nc(OCCN5CCC(CCOc6cc(CC(=O)N7CCCC7C(=O)NC(C)c7ccc(-c8scnc8C)cc7)on6)CC5)nc4c3F)c12. The van der Waals surface area contributed by atoms with Gasteiger partial charge in [-0.2, -0.15) is 9.97 Å². The lowest BCUT2D eigenvalue weighted by Crippen LogP contribution is -2.51. The van der Waals surface area contributed by atoms with E-state index in [0.717, 1.165) is 109 Å². The van der Waals surface area contributed by atoms with Crippen LogP contribution in [0.5, 0.6) is 17.6 Å². The fourth-order valence-corrected chi connectivity index (χ4v) is 12.3. The third-order valence-electron chi connectivity index (χ3n) is 15.5. The van der Waals surface area contributed by atoms with E-state index in [-0.39, 0.29) is 47.2 Å². The quantitative estimate of drug-likeness (QED) is 0.0788. The highest BCUT2D eigenvalue weighted by Gasteiger charge is 2.36. The Bertz CT molecular complexity index is 3150. The van der Waals surface area contributed by atoms with Crippen LogP contribution >= 0.6 is 11.3 Å². The molecule has 0 radical (unpaired) electrons. The van der Waals surface area contributed by atoms with Gasteiger partial charge in [-0.3, -0.25) is 19.5 Å². The molecule has 386 valence electrons. The number of hydrogen-bond donors (Lipinski definition) is 3. The van der Waals surface area contributed by atoms with Crippen LogP contribution in [0.2, 0.25) is 0 Å². The molecule has 3 N–H and O–H groups in total. The molecule has 8 heterocycles. The number of rotatable bonds is 17. The van der Waals surface area contributed by atoms with Gasteiger partial charge in [-0.15, -0.1) is 11.3 Å². The molecule has 4 aliphatic rings. The molecule has 4 aromatic heterocycles. The molecule has 4 unspecified atom stereocenters. The lowest BCUT2D eigenvalue weighted by Gasteiger charge is -2.34. The molecule has 74 heavy (non-hydrogen) atoms. The minimum atomic E-state index is -0.571. The number of fused-ring (bicyclic) bond motifs is 4. The van der Waals surface area contributed by atoms with Crippen LogP contribution in [0.1, 0.15) is 87.4 Å². The van der Waals surface area contributed by atoms with Crippen molar-refractivity contribution in [3.05, 3.63) is 101 Å². The molecular formula is C56H63FN10O6S. The number of pyridine rings is 1. The fraction of sp³-hybridized carbons (Fsp3) is 0.446. The Morgan fingerprint density at radius 3 is 2.55 bits per heavy atom. The number of benzene rings is 3. The molecule has 3 aromatic carbocycles. The minimum Gasteiger partial charge on any atom is -0.508 e. The number of aromatic hydroxyl groups is 1.